The van der Waals surface area contributed by atoms with Crippen molar-refractivity contribution >= 4 is 29.1 Å². The smallest absolute Gasteiger partial charge is 0.412 e. The van der Waals surface area contributed by atoms with Crippen LogP contribution in [-0.2, 0) is 11.3 Å². The summed E-state index contributed by atoms with van der Waals surface area (Å²) in [6.07, 6.45) is -0.720. The van der Waals surface area contributed by atoms with Crippen LogP contribution in [0.5, 0.6) is 5.75 Å². The van der Waals surface area contributed by atoms with Crippen molar-refractivity contribution in [3.63, 3.8) is 0 Å². The largest absolute Gasteiger partial charge is 0.501 e. The molecule has 1 aromatic carbocycles. The lowest BCUT2D eigenvalue weighted by Crippen LogP contribution is -2.16. The average molecular weight is 401 g/mol. The summed E-state index contributed by atoms with van der Waals surface area (Å²) in [5, 5.41) is 22.8. The number of carbonyl (C=O) groups is 2. The van der Waals surface area contributed by atoms with Crippen molar-refractivity contribution in [1.29, 1.82) is 0 Å². The highest BCUT2D eigenvalue weighted by Crippen LogP contribution is 2.31. The number of thiophene rings is 1. The Kier molecular flexibility index (Phi) is 5.41. The van der Waals surface area contributed by atoms with E-state index in [9.17, 15) is 19.5 Å². The Morgan fingerprint density at radius 2 is 2.04 bits per heavy atom. The fourth-order valence-electron chi connectivity index (χ4n) is 2.38. The van der Waals surface area contributed by atoms with Gasteiger partial charge in [0, 0.05) is 0 Å². The molecule has 0 aliphatic rings. The third-order valence-electron chi connectivity index (χ3n) is 3.83. The minimum atomic E-state index is -1.55. The minimum absolute atomic E-state index is 0.0788. The Morgan fingerprint density at radius 3 is 2.75 bits per heavy atom. The topological polar surface area (TPSA) is 142 Å². The summed E-state index contributed by atoms with van der Waals surface area (Å²) in [6.45, 7) is 1.98. The quantitative estimate of drug-likeness (QED) is 0.515. The van der Waals surface area contributed by atoms with Gasteiger partial charge in [-0.1, -0.05) is 24.3 Å². The van der Waals surface area contributed by atoms with E-state index in [-0.39, 0.29) is 18.1 Å². The third kappa shape index (κ3) is 4.01. The van der Waals surface area contributed by atoms with Crippen LogP contribution in [0.3, 0.4) is 0 Å². The molecular weight excluding hydrogens is 386 g/mol. The summed E-state index contributed by atoms with van der Waals surface area (Å²) in [4.78, 5) is 41.4. The molecule has 0 fully saturated rings. The van der Waals surface area contributed by atoms with Gasteiger partial charge in [0.05, 0.1) is 10.6 Å². The maximum absolute atomic E-state index is 12.1. The van der Waals surface area contributed by atoms with Crippen molar-refractivity contribution in [2.24, 2.45) is 0 Å². The van der Waals surface area contributed by atoms with Crippen LogP contribution in [0, 0.1) is 6.92 Å². The van der Waals surface area contributed by atoms with Gasteiger partial charge >= 0.3 is 12.1 Å². The van der Waals surface area contributed by atoms with Gasteiger partial charge in [-0.25, -0.2) is 14.6 Å². The van der Waals surface area contributed by atoms with Gasteiger partial charge in [-0.3, -0.25) is 10.1 Å². The average Bonchev–Trinajstić information content (AvgIpc) is 3.11. The van der Waals surface area contributed by atoms with Crippen LogP contribution >= 0.6 is 11.3 Å². The number of amides is 1. The van der Waals surface area contributed by atoms with E-state index in [0.717, 1.165) is 22.5 Å². The molecule has 0 aliphatic heterocycles. The highest BCUT2D eigenvalue weighted by Gasteiger charge is 2.20. The van der Waals surface area contributed by atoms with Gasteiger partial charge in [0.25, 0.3) is 5.56 Å². The maximum atomic E-state index is 12.1. The molecule has 0 unspecified atom stereocenters. The highest BCUT2D eigenvalue weighted by atomic mass is 32.1. The lowest BCUT2D eigenvalue weighted by atomic mass is 10.1. The van der Waals surface area contributed by atoms with Crippen molar-refractivity contribution < 1.29 is 24.5 Å². The third-order valence-corrected chi connectivity index (χ3v) is 4.76. The van der Waals surface area contributed by atoms with Crippen molar-refractivity contribution in [3.05, 3.63) is 62.9 Å². The maximum Gasteiger partial charge on any atom is 0.412 e. The van der Waals surface area contributed by atoms with E-state index < -0.39 is 29.1 Å². The molecule has 144 valence electrons. The number of benzene rings is 1. The number of aryl methyl sites for hydroxylation is 1. The van der Waals surface area contributed by atoms with Gasteiger partial charge in [0.15, 0.2) is 11.5 Å². The number of anilines is 1. The van der Waals surface area contributed by atoms with Crippen molar-refractivity contribution in [1.82, 2.24) is 9.97 Å². The van der Waals surface area contributed by atoms with E-state index in [2.05, 4.69) is 15.3 Å². The highest BCUT2D eigenvalue weighted by molar-refractivity contribution is 7.14. The number of hydrogen-bond donors (Lipinski definition) is 4. The molecule has 0 saturated heterocycles. The molecule has 0 atom stereocenters. The Hall–Kier alpha value is -3.66. The number of carbonyl (C=O) groups excluding carboxylic acids is 1. The molecule has 4 N–H and O–H groups in total. The number of aromatic hydroxyl groups is 1. The molecule has 10 heteroatoms. The first-order chi connectivity index (χ1) is 13.4. The van der Waals surface area contributed by atoms with Gasteiger partial charge < -0.3 is 19.9 Å². The van der Waals surface area contributed by atoms with E-state index in [1.807, 2.05) is 31.2 Å². The lowest BCUT2D eigenvalue weighted by Gasteiger charge is -2.09. The number of ether oxygens (including phenoxy) is 1. The zero-order chi connectivity index (χ0) is 20.3. The monoisotopic (exact) mass is 401 g/mol. The summed E-state index contributed by atoms with van der Waals surface area (Å²) in [7, 11) is 0. The Balaban J connectivity index is 1.79. The van der Waals surface area contributed by atoms with Gasteiger partial charge in [0.1, 0.15) is 6.61 Å². The molecule has 0 saturated carbocycles. The van der Waals surface area contributed by atoms with Crippen molar-refractivity contribution in [3.8, 4) is 16.5 Å². The minimum Gasteiger partial charge on any atom is -0.501 e. The van der Waals surface area contributed by atoms with Crippen LogP contribution in [0.1, 0.15) is 21.6 Å². The van der Waals surface area contributed by atoms with Crippen LogP contribution < -0.4 is 10.9 Å². The molecule has 0 spiro atoms. The standard InChI is InChI=1S/C18H15N3O6S/c1-9-4-2-3-5-10(9)8-27-18(26)19-11-6-7-28-14(11)15-20-12(17(24)25)13(22)16(23)21-15/h2-7,22H,8H2,1H3,(H,19,26)(H,24,25)(H,20,21,23). The van der Waals surface area contributed by atoms with Crippen molar-refractivity contribution in [2.75, 3.05) is 5.32 Å². The molecule has 1 amide bonds. The van der Waals surface area contributed by atoms with Crippen LogP contribution in [0.25, 0.3) is 10.7 Å². The van der Waals surface area contributed by atoms with Gasteiger partial charge in [-0.15, -0.1) is 11.3 Å². The van der Waals surface area contributed by atoms with E-state index in [1.165, 1.54) is 0 Å². The number of H-pyrrole nitrogens is 1. The van der Waals surface area contributed by atoms with Crippen LogP contribution in [0.4, 0.5) is 10.5 Å². The number of aromatic amines is 1. The Morgan fingerprint density at radius 1 is 1.29 bits per heavy atom. The first-order valence-corrected chi connectivity index (χ1v) is 8.87. The summed E-state index contributed by atoms with van der Waals surface area (Å²) in [5.74, 6) is -2.63. The molecule has 0 bridgehead atoms. The van der Waals surface area contributed by atoms with E-state index in [1.54, 1.807) is 11.4 Å². The lowest BCUT2D eigenvalue weighted by molar-refractivity contribution is 0.0686. The SMILES string of the molecule is Cc1ccccc1COC(=O)Nc1ccsc1-c1nc(C(=O)O)c(O)c(=O)[nH]1. The van der Waals surface area contributed by atoms with Gasteiger partial charge in [-0.2, -0.15) is 0 Å². The first-order valence-electron chi connectivity index (χ1n) is 7.99. The molecule has 3 aromatic rings. The number of aromatic carboxylic acids is 1. The van der Waals surface area contributed by atoms with Crippen LogP contribution in [-0.4, -0.2) is 32.2 Å². The molecular formula is C18H15N3O6S. The number of aromatic nitrogens is 2. The molecule has 28 heavy (non-hydrogen) atoms. The molecule has 2 aromatic heterocycles. The second-order valence-electron chi connectivity index (χ2n) is 5.71. The van der Waals surface area contributed by atoms with Crippen LogP contribution in [0.15, 0.2) is 40.5 Å². The summed E-state index contributed by atoms with van der Waals surface area (Å²) in [5.41, 5.74) is 0.353. The van der Waals surface area contributed by atoms with E-state index in [0.29, 0.717) is 4.88 Å². The van der Waals surface area contributed by atoms with Crippen molar-refractivity contribution in [2.45, 2.75) is 13.5 Å². The normalized spacial score (nSPS) is 10.5. The molecule has 3 rings (SSSR count). The number of rotatable bonds is 5. The zero-order valence-corrected chi connectivity index (χ0v) is 15.4. The Bertz CT molecular complexity index is 1100. The second-order valence-corrected chi connectivity index (χ2v) is 6.62. The van der Waals surface area contributed by atoms with Gasteiger partial charge in [0.2, 0.25) is 5.75 Å². The first kappa shape index (κ1) is 19.1. The molecule has 0 radical (unpaired) electrons. The number of nitrogens with one attached hydrogen (secondary N) is 2. The number of hydrogen-bond acceptors (Lipinski definition) is 7. The molecule has 2 heterocycles. The van der Waals surface area contributed by atoms with E-state index in [4.69, 9.17) is 9.84 Å². The van der Waals surface area contributed by atoms with Crippen LogP contribution in [0.2, 0.25) is 0 Å². The summed E-state index contributed by atoms with van der Waals surface area (Å²) < 4.78 is 5.21. The molecule has 9 nitrogen and oxygen atoms in total. The van der Waals surface area contributed by atoms with E-state index >= 15 is 0 Å². The summed E-state index contributed by atoms with van der Waals surface area (Å²) in [6, 6.07) is 9.03. The predicted octanol–water partition coefficient (Wildman–Crippen LogP) is 2.96. The number of nitrogens with zero attached hydrogens (tertiary/aromatic N) is 1. The molecule has 0 aliphatic carbocycles. The number of carboxylic acid groups (broad SMARTS) is 1. The zero-order valence-electron chi connectivity index (χ0n) is 14.6. The fraction of sp³-hybridized carbons (Fsp3) is 0.111. The fourth-order valence-corrected chi connectivity index (χ4v) is 3.17. The second kappa shape index (κ2) is 7.92. The summed E-state index contributed by atoms with van der Waals surface area (Å²) >= 11 is 1.12. The predicted molar refractivity (Wildman–Crippen MR) is 102 cm³/mol. The Labute approximate surface area is 162 Å². The van der Waals surface area contributed by atoms with Gasteiger partial charge in [-0.05, 0) is 29.5 Å². The number of carboxylic acids is 1.